The Morgan fingerprint density at radius 1 is 1.03 bits per heavy atom. The molecular weight excluding hydrogens is 480 g/mol. The van der Waals surface area contributed by atoms with Gasteiger partial charge < -0.3 is 9.64 Å². The molecule has 1 fully saturated rings. The molecule has 1 saturated heterocycles. The molecule has 0 saturated carbocycles. The minimum absolute atomic E-state index is 0.118. The Morgan fingerprint density at radius 3 is 2.42 bits per heavy atom. The standard InChI is InChI=1S/C26H26N4O5S/c1-18-17-28(26(32)35-23-5-3-12-27-16-23)25-15-21(8-11-24(25)30(18)19(2)31)20-6-9-22(10-7-20)29-13-4-14-36(29,33)34/h3,5-12,15-16,18H,4,13-14,17H2,1-2H3/t18-/m0/s1. The van der Waals surface area contributed by atoms with Crippen molar-refractivity contribution in [3.8, 4) is 16.9 Å². The van der Waals surface area contributed by atoms with E-state index in [1.807, 2.05) is 37.3 Å². The average molecular weight is 507 g/mol. The minimum atomic E-state index is -3.26. The number of amides is 2. The van der Waals surface area contributed by atoms with Crippen molar-refractivity contribution < 1.29 is 22.7 Å². The van der Waals surface area contributed by atoms with Gasteiger partial charge in [-0.1, -0.05) is 18.2 Å². The summed E-state index contributed by atoms with van der Waals surface area (Å²) in [5, 5.41) is 0. The Balaban J connectivity index is 1.50. The first-order valence-corrected chi connectivity index (χ1v) is 13.3. The largest absolute Gasteiger partial charge is 0.419 e. The molecule has 0 N–H and O–H groups in total. The quantitative estimate of drug-likeness (QED) is 0.531. The molecule has 3 aromatic rings. The van der Waals surface area contributed by atoms with E-state index >= 15 is 0 Å². The van der Waals surface area contributed by atoms with Gasteiger partial charge in [-0.2, -0.15) is 0 Å². The number of carbonyl (C=O) groups excluding carboxylic acids is 2. The first-order chi connectivity index (χ1) is 17.2. The summed E-state index contributed by atoms with van der Waals surface area (Å²) in [6, 6.07) is 15.9. The van der Waals surface area contributed by atoms with Gasteiger partial charge in [0.1, 0.15) is 0 Å². The maximum Gasteiger partial charge on any atom is 0.419 e. The van der Waals surface area contributed by atoms with Gasteiger partial charge in [-0.3, -0.25) is 19.0 Å². The second-order valence-corrected chi connectivity index (χ2v) is 10.9. The molecule has 36 heavy (non-hydrogen) atoms. The molecule has 0 radical (unpaired) electrons. The number of aromatic nitrogens is 1. The van der Waals surface area contributed by atoms with Crippen molar-refractivity contribution in [2.45, 2.75) is 26.3 Å². The molecule has 0 unspecified atom stereocenters. The topological polar surface area (TPSA) is 100 Å². The van der Waals surface area contributed by atoms with Gasteiger partial charge in [-0.15, -0.1) is 0 Å². The summed E-state index contributed by atoms with van der Waals surface area (Å²) in [5.41, 5.74) is 3.48. The molecule has 0 spiro atoms. The number of anilines is 3. The summed E-state index contributed by atoms with van der Waals surface area (Å²) in [6.07, 6.45) is 3.11. The highest BCUT2D eigenvalue weighted by molar-refractivity contribution is 7.93. The Hall–Kier alpha value is -3.92. The molecule has 10 heteroatoms. The predicted octanol–water partition coefficient (Wildman–Crippen LogP) is 4.05. The fourth-order valence-electron chi connectivity index (χ4n) is 4.77. The molecule has 1 atom stereocenters. The Kier molecular flexibility index (Phi) is 6.13. The van der Waals surface area contributed by atoms with Crippen molar-refractivity contribution >= 4 is 39.1 Å². The lowest BCUT2D eigenvalue weighted by Gasteiger charge is -2.40. The van der Waals surface area contributed by atoms with E-state index in [0.29, 0.717) is 35.8 Å². The van der Waals surface area contributed by atoms with Crippen molar-refractivity contribution in [3.05, 3.63) is 67.0 Å². The molecule has 3 heterocycles. The van der Waals surface area contributed by atoms with Crippen LogP contribution in [0.4, 0.5) is 21.9 Å². The van der Waals surface area contributed by atoms with Gasteiger partial charge in [0.25, 0.3) is 0 Å². The zero-order valence-electron chi connectivity index (χ0n) is 20.0. The summed E-state index contributed by atoms with van der Waals surface area (Å²) in [6.45, 7) is 4.13. The molecular formula is C26H26N4O5S. The highest BCUT2D eigenvalue weighted by Gasteiger charge is 2.35. The summed E-state index contributed by atoms with van der Waals surface area (Å²) in [7, 11) is -3.26. The molecule has 2 amide bonds. The summed E-state index contributed by atoms with van der Waals surface area (Å²) in [4.78, 5) is 32.8. The molecule has 186 valence electrons. The van der Waals surface area contributed by atoms with Gasteiger partial charge >= 0.3 is 6.09 Å². The number of carbonyl (C=O) groups is 2. The monoisotopic (exact) mass is 506 g/mol. The summed E-state index contributed by atoms with van der Waals surface area (Å²) < 4.78 is 31.5. The van der Waals surface area contributed by atoms with E-state index < -0.39 is 16.1 Å². The van der Waals surface area contributed by atoms with Crippen LogP contribution in [0.5, 0.6) is 5.75 Å². The van der Waals surface area contributed by atoms with Gasteiger partial charge in [-0.25, -0.2) is 13.2 Å². The van der Waals surface area contributed by atoms with Crippen molar-refractivity contribution in [3.63, 3.8) is 0 Å². The van der Waals surface area contributed by atoms with E-state index in [2.05, 4.69) is 4.98 Å². The number of benzene rings is 2. The molecule has 2 aromatic carbocycles. The van der Waals surface area contributed by atoms with Crippen LogP contribution in [0.3, 0.4) is 0 Å². The van der Waals surface area contributed by atoms with E-state index in [1.165, 1.54) is 22.3 Å². The van der Waals surface area contributed by atoms with Crippen LogP contribution in [0.1, 0.15) is 20.3 Å². The number of ether oxygens (including phenoxy) is 1. The number of nitrogens with zero attached hydrogens (tertiary/aromatic N) is 4. The SMILES string of the molecule is CC(=O)N1c2ccc(-c3ccc(N4CCCS4(=O)=O)cc3)cc2N(C(=O)Oc2cccnc2)C[C@@H]1C. The van der Waals surface area contributed by atoms with E-state index in [-0.39, 0.29) is 24.2 Å². The van der Waals surface area contributed by atoms with E-state index in [4.69, 9.17) is 4.74 Å². The van der Waals surface area contributed by atoms with Crippen LogP contribution in [0.2, 0.25) is 0 Å². The minimum Gasteiger partial charge on any atom is -0.408 e. The third kappa shape index (κ3) is 4.39. The third-order valence-corrected chi connectivity index (χ3v) is 8.27. The van der Waals surface area contributed by atoms with Crippen LogP contribution in [-0.2, 0) is 14.8 Å². The summed E-state index contributed by atoms with van der Waals surface area (Å²) in [5.74, 6) is 0.373. The predicted molar refractivity (Wildman–Crippen MR) is 138 cm³/mol. The van der Waals surface area contributed by atoms with Gasteiger partial charge in [0.2, 0.25) is 15.9 Å². The Labute approximate surface area is 210 Å². The molecule has 2 aliphatic heterocycles. The lowest BCUT2D eigenvalue weighted by molar-refractivity contribution is -0.117. The number of pyridine rings is 1. The molecule has 0 aliphatic carbocycles. The molecule has 9 nitrogen and oxygen atoms in total. The van der Waals surface area contributed by atoms with E-state index in [0.717, 1.165) is 11.1 Å². The zero-order valence-corrected chi connectivity index (χ0v) is 20.8. The number of sulfonamides is 1. The van der Waals surface area contributed by atoms with E-state index in [9.17, 15) is 18.0 Å². The number of hydrogen-bond donors (Lipinski definition) is 0. The first-order valence-electron chi connectivity index (χ1n) is 11.7. The van der Waals surface area contributed by atoms with Crippen LogP contribution in [0.15, 0.2) is 67.0 Å². The Morgan fingerprint density at radius 2 is 1.78 bits per heavy atom. The van der Waals surface area contributed by atoms with Gasteiger partial charge in [0.15, 0.2) is 5.75 Å². The molecule has 5 rings (SSSR count). The van der Waals surface area contributed by atoms with Gasteiger partial charge in [0, 0.05) is 26.2 Å². The van der Waals surface area contributed by atoms with Gasteiger partial charge in [-0.05, 0) is 60.9 Å². The van der Waals surface area contributed by atoms with Crippen LogP contribution >= 0.6 is 0 Å². The second kappa shape index (κ2) is 9.27. The number of fused-ring (bicyclic) bond motifs is 1. The van der Waals surface area contributed by atoms with Crippen LogP contribution in [0, 0.1) is 0 Å². The fourth-order valence-corrected chi connectivity index (χ4v) is 6.33. The number of hydrogen-bond acceptors (Lipinski definition) is 6. The maximum absolute atomic E-state index is 13.2. The zero-order chi connectivity index (χ0) is 25.4. The van der Waals surface area contributed by atoms with Crippen LogP contribution in [-0.4, -0.2) is 50.3 Å². The first kappa shape index (κ1) is 23.8. The molecule has 2 aliphatic rings. The third-order valence-electron chi connectivity index (χ3n) is 6.40. The van der Waals surface area contributed by atoms with Gasteiger partial charge in [0.05, 0.1) is 35.1 Å². The smallest absolute Gasteiger partial charge is 0.408 e. The molecule has 0 bridgehead atoms. The maximum atomic E-state index is 13.2. The number of rotatable bonds is 3. The van der Waals surface area contributed by atoms with Crippen molar-refractivity contribution in [1.29, 1.82) is 0 Å². The second-order valence-electron chi connectivity index (χ2n) is 8.90. The van der Waals surface area contributed by atoms with Crippen LogP contribution in [0.25, 0.3) is 11.1 Å². The van der Waals surface area contributed by atoms with Crippen LogP contribution < -0.4 is 18.8 Å². The highest BCUT2D eigenvalue weighted by Crippen LogP contribution is 2.39. The van der Waals surface area contributed by atoms with Crippen molar-refractivity contribution in [2.24, 2.45) is 0 Å². The Bertz CT molecular complexity index is 1410. The lowest BCUT2D eigenvalue weighted by Crippen LogP contribution is -2.52. The fraction of sp³-hybridized carbons (Fsp3) is 0.269. The highest BCUT2D eigenvalue weighted by atomic mass is 32.2. The van der Waals surface area contributed by atoms with Crippen molar-refractivity contribution in [1.82, 2.24) is 4.98 Å². The average Bonchev–Trinajstić information content (AvgIpc) is 3.22. The van der Waals surface area contributed by atoms with Crippen molar-refractivity contribution in [2.75, 3.05) is 32.9 Å². The lowest BCUT2D eigenvalue weighted by atomic mass is 10.0. The van der Waals surface area contributed by atoms with E-state index in [1.54, 1.807) is 35.4 Å². The summed E-state index contributed by atoms with van der Waals surface area (Å²) >= 11 is 0. The normalized spacial score (nSPS) is 18.6. The molecule has 1 aromatic heterocycles.